The lowest BCUT2D eigenvalue weighted by molar-refractivity contribution is -0.175. The van der Waals surface area contributed by atoms with Crippen molar-refractivity contribution in [3.05, 3.63) is 44.0 Å². The lowest BCUT2D eigenvalue weighted by Crippen LogP contribution is -2.43. The van der Waals surface area contributed by atoms with E-state index >= 15 is 0 Å². The zero-order chi connectivity index (χ0) is 39.3. The summed E-state index contributed by atoms with van der Waals surface area (Å²) in [6.45, 7) is 20.5. The molecule has 2 aliphatic rings. The van der Waals surface area contributed by atoms with Gasteiger partial charge in [0, 0.05) is 24.7 Å². The molecule has 2 bridgehead atoms. The van der Waals surface area contributed by atoms with Gasteiger partial charge in [-0.2, -0.15) is 0 Å². The molecule has 2 N–H and O–H groups in total. The molecule has 3 heterocycles. The topological polar surface area (TPSA) is 128 Å². The highest BCUT2D eigenvalue weighted by Crippen LogP contribution is 2.55. The average molecular weight is 774 g/mol. The van der Waals surface area contributed by atoms with Gasteiger partial charge in [0.25, 0.3) is 14.1 Å². The molecule has 2 unspecified atom stereocenters. The van der Waals surface area contributed by atoms with Crippen molar-refractivity contribution in [1.29, 1.82) is 0 Å². The van der Waals surface area contributed by atoms with E-state index < -0.39 is 43.8 Å². The summed E-state index contributed by atoms with van der Waals surface area (Å²) in [5.41, 5.74) is -2.01. The highest BCUT2D eigenvalue weighted by molar-refractivity contribution is 7.44. The van der Waals surface area contributed by atoms with Crippen LogP contribution in [0.3, 0.4) is 0 Å². The van der Waals surface area contributed by atoms with Gasteiger partial charge in [-0.15, -0.1) is 0 Å². The van der Waals surface area contributed by atoms with Gasteiger partial charge in [-0.25, -0.2) is 16.0 Å². The minimum atomic E-state index is -1.58. The van der Waals surface area contributed by atoms with Crippen molar-refractivity contribution in [1.82, 2.24) is 19.5 Å². The first kappa shape index (κ1) is 45.8. The van der Waals surface area contributed by atoms with E-state index in [2.05, 4.69) is 66.3 Å². The maximum atomic E-state index is 13.1. The Morgan fingerprint density at radius 3 is 2.17 bits per heavy atom. The standard InChI is InChI=1S/C41H68N5O7P/c1-8-10-11-12-13-14-15-16-17-18-19-20-21-22-23-26-35(47)43-27-24-25-34-30-45(40(49)44-38(34)48)39-36-37(41(9-2,52-39)31-50-36)53-54(51-29-28-42-7)46(32(3)4)33(5)6/h30,32-33,36-37,39H,8-23,26-29,31H2,1-6H3,(H,43,47)(H,44,48,49)/t36-,37?,39+,41-,54?/m0/s1. The summed E-state index contributed by atoms with van der Waals surface area (Å²) in [5, 5.41) is 2.82. The molecule has 2 fully saturated rings. The van der Waals surface area contributed by atoms with Crippen LogP contribution in [0.4, 0.5) is 0 Å². The fraction of sp³-hybridized carbons (Fsp3) is 0.805. The van der Waals surface area contributed by atoms with E-state index in [1.54, 1.807) is 0 Å². The number of hydrogen-bond acceptors (Lipinski definition) is 8. The van der Waals surface area contributed by atoms with Crippen molar-refractivity contribution < 1.29 is 23.3 Å². The summed E-state index contributed by atoms with van der Waals surface area (Å²) in [5.74, 6) is 5.61. The minimum absolute atomic E-state index is 0.0622. The Hall–Kier alpha value is -2.57. The Bertz CT molecular complexity index is 1470. The number of fused-ring (bicyclic) bond motifs is 2. The van der Waals surface area contributed by atoms with Gasteiger partial charge in [-0.1, -0.05) is 116 Å². The molecule has 1 aromatic heterocycles. The second kappa shape index (κ2) is 24.8. The molecule has 3 rings (SSSR count). The Morgan fingerprint density at radius 1 is 1.02 bits per heavy atom. The van der Waals surface area contributed by atoms with Crippen LogP contribution in [0, 0.1) is 18.4 Å². The van der Waals surface area contributed by atoms with Gasteiger partial charge in [0.2, 0.25) is 12.5 Å². The van der Waals surface area contributed by atoms with Crippen LogP contribution >= 0.6 is 8.53 Å². The first-order chi connectivity index (χ1) is 26.1. The lowest BCUT2D eigenvalue weighted by atomic mass is 9.96. The maximum Gasteiger partial charge on any atom is 0.330 e. The number of carbonyl (C=O) groups is 1. The van der Waals surface area contributed by atoms with Crippen LogP contribution < -0.4 is 16.6 Å². The predicted octanol–water partition coefficient (Wildman–Crippen LogP) is 8.01. The molecule has 0 aromatic carbocycles. The fourth-order valence-electron chi connectivity index (χ4n) is 7.28. The van der Waals surface area contributed by atoms with Crippen LogP contribution in [0.1, 0.15) is 162 Å². The number of carbonyl (C=O) groups excluding carboxylic acids is 1. The van der Waals surface area contributed by atoms with Crippen molar-refractivity contribution in [3.63, 3.8) is 0 Å². The number of aromatic nitrogens is 2. The number of hydrogen-bond donors (Lipinski definition) is 2. The molecule has 0 spiro atoms. The molecule has 304 valence electrons. The smallest absolute Gasteiger partial charge is 0.330 e. The molecule has 5 atom stereocenters. The number of nitrogens with zero attached hydrogens (tertiary/aromatic N) is 3. The first-order valence-corrected chi connectivity index (χ1v) is 21.8. The third-order valence-electron chi connectivity index (χ3n) is 10.3. The highest BCUT2D eigenvalue weighted by Gasteiger charge is 2.63. The Labute approximate surface area is 325 Å². The monoisotopic (exact) mass is 773 g/mol. The zero-order valence-electron chi connectivity index (χ0n) is 34.0. The molecule has 2 saturated heterocycles. The highest BCUT2D eigenvalue weighted by atomic mass is 31.2. The van der Waals surface area contributed by atoms with Crippen LogP contribution in [0.2, 0.25) is 0 Å². The molecule has 0 aliphatic carbocycles. The van der Waals surface area contributed by atoms with Crippen LogP contribution in [-0.2, 0) is 23.3 Å². The van der Waals surface area contributed by atoms with E-state index in [0.29, 0.717) is 12.8 Å². The third kappa shape index (κ3) is 14.2. The summed E-state index contributed by atoms with van der Waals surface area (Å²) < 4.78 is 29.1. The third-order valence-corrected chi connectivity index (χ3v) is 12.4. The van der Waals surface area contributed by atoms with Crippen molar-refractivity contribution in [2.45, 2.75) is 187 Å². The van der Waals surface area contributed by atoms with Gasteiger partial charge in [0.1, 0.15) is 30.0 Å². The van der Waals surface area contributed by atoms with Crippen LogP contribution in [0.25, 0.3) is 4.85 Å². The number of nitrogens with one attached hydrogen (secondary N) is 2. The number of ether oxygens (including phenoxy) is 2. The van der Waals surface area contributed by atoms with Crippen molar-refractivity contribution in [2.24, 2.45) is 0 Å². The van der Waals surface area contributed by atoms with Gasteiger partial charge in [-0.3, -0.25) is 19.1 Å². The summed E-state index contributed by atoms with van der Waals surface area (Å²) in [4.78, 5) is 44.0. The molecule has 13 heteroatoms. The normalized spacial score (nSPS) is 21.1. The average Bonchev–Trinajstić information content (AvgIpc) is 3.63. The molecule has 12 nitrogen and oxygen atoms in total. The second-order valence-corrected chi connectivity index (χ2v) is 16.6. The van der Waals surface area contributed by atoms with Crippen LogP contribution in [-0.4, -0.2) is 76.3 Å². The van der Waals surface area contributed by atoms with E-state index in [9.17, 15) is 14.4 Å². The van der Waals surface area contributed by atoms with Crippen LogP contribution in [0.15, 0.2) is 15.8 Å². The molecular weight excluding hydrogens is 705 g/mol. The molecular formula is C41H68N5O7P. The molecule has 0 saturated carbocycles. The summed E-state index contributed by atoms with van der Waals surface area (Å²) >= 11 is 0. The molecule has 2 aliphatic heterocycles. The Balaban J connectivity index is 1.47. The summed E-state index contributed by atoms with van der Waals surface area (Å²) in [6, 6.07) is 0.222. The predicted molar refractivity (Wildman–Crippen MR) is 215 cm³/mol. The summed E-state index contributed by atoms with van der Waals surface area (Å²) in [6.07, 6.45) is 19.5. The van der Waals surface area contributed by atoms with Gasteiger partial charge in [0.05, 0.1) is 13.2 Å². The van der Waals surface area contributed by atoms with Crippen molar-refractivity contribution in [2.75, 3.05) is 26.3 Å². The van der Waals surface area contributed by atoms with Crippen molar-refractivity contribution in [3.8, 4) is 11.8 Å². The molecule has 1 aromatic rings. The Morgan fingerprint density at radius 2 is 1.61 bits per heavy atom. The van der Waals surface area contributed by atoms with E-state index in [0.717, 1.165) is 19.3 Å². The second-order valence-electron chi connectivity index (χ2n) is 15.2. The number of unbranched alkanes of at least 4 members (excludes halogenated alkanes) is 14. The summed E-state index contributed by atoms with van der Waals surface area (Å²) in [7, 11) is -1.58. The van der Waals surface area contributed by atoms with Gasteiger partial charge in [0.15, 0.2) is 6.23 Å². The molecule has 0 radical (unpaired) electrons. The SMILES string of the molecule is [C-]#[N+]CCOP(OC1[C@@H]2OC[C@]1(CC)O[C@H]2n1cc(C#CCNC(=O)CCCCCCCCCCCCCCCCC)c(=O)[nH]c1=O)N(C(C)C)C(C)C. The minimum Gasteiger partial charge on any atom is -0.368 e. The molecule has 1 amide bonds. The van der Waals surface area contributed by atoms with Gasteiger partial charge in [-0.05, 0) is 40.5 Å². The quantitative estimate of drug-likeness (QED) is 0.0399. The van der Waals surface area contributed by atoms with E-state index in [4.69, 9.17) is 25.1 Å². The van der Waals surface area contributed by atoms with Crippen LogP contribution in [0.5, 0.6) is 0 Å². The number of H-pyrrole nitrogens is 1. The zero-order valence-corrected chi connectivity index (χ0v) is 34.9. The first-order valence-electron chi connectivity index (χ1n) is 20.7. The van der Waals surface area contributed by atoms with Gasteiger partial charge >= 0.3 is 5.69 Å². The number of rotatable bonds is 27. The number of amides is 1. The fourth-order valence-corrected chi connectivity index (χ4v) is 9.08. The van der Waals surface area contributed by atoms with E-state index in [1.807, 2.05) is 6.92 Å². The van der Waals surface area contributed by atoms with E-state index in [-0.39, 0.29) is 49.9 Å². The van der Waals surface area contributed by atoms with E-state index in [1.165, 1.54) is 87.8 Å². The lowest BCUT2D eigenvalue weighted by Gasteiger charge is -2.38. The van der Waals surface area contributed by atoms with Crippen molar-refractivity contribution >= 4 is 14.4 Å². The number of aromatic amines is 1. The van der Waals surface area contributed by atoms with Gasteiger partial charge < -0.3 is 28.7 Å². The molecule has 54 heavy (non-hydrogen) atoms. The Kier molecular flexibility index (Phi) is 21.1. The largest absolute Gasteiger partial charge is 0.368 e. The maximum absolute atomic E-state index is 13.1.